The Balaban J connectivity index is 2.24. The van der Waals surface area contributed by atoms with Crippen LogP contribution in [-0.2, 0) is 14.6 Å². The van der Waals surface area contributed by atoms with E-state index in [1.807, 2.05) is 0 Å². The minimum absolute atomic E-state index is 0.00912. The predicted molar refractivity (Wildman–Crippen MR) is 80.8 cm³/mol. The minimum Gasteiger partial charge on any atom is -0.398 e. The van der Waals surface area contributed by atoms with Gasteiger partial charge >= 0.3 is 0 Å². The van der Waals surface area contributed by atoms with Crippen LogP contribution in [-0.4, -0.2) is 57.0 Å². The number of anilines is 1. The van der Waals surface area contributed by atoms with Crippen LogP contribution in [0.2, 0.25) is 0 Å². The molecule has 0 saturated carbocycles. The van der Waals surface area contributed by atoms with Crippen molar-refractivity contribution >= 4 is 21.4 Å². The summed E-state index contributed by atoms with van der Waals surface area (Å²) in [5.74, 6) is -0.110. The number of nitrogens with two attached hydrogens (primary N) is 1. The molecule has 0 radical (unpaired) electrons. The van der Waals surface area contributed by atoms with Gasteiger partial charge in [0.2, 0.25) is 0 Å². The molecule has 1 unspecified atom stereocenters. The molecular weight excluding hydrogens is 292 g/mol. The molecule has 1 aromatic rings. The number of benzene rings is 1. The number of ether oxygens (including phenoxy) is 1. The highest BCUT2D eigenvalue weighted by atomic mass is 32.2. The Labute approximate surface area is 124 Å². The summed E-state index contributed by atoms with van der Waals surface area (Å²) in [6.45, 7) is 0.707. The summed E-state index contributed by atoms with van der Waals surface area (Å²) in [6.07, 6.45) is 0.463. The standard InChI is InChI=1S/C14H20N2O4S/c1-20-8-7-16(11-6-9-21(18,19)10-11)14(17)12-4-2-3-5-13(12)15/h2-5,11H,6-10,15H2,1H3. The van der Waals surface area contributed by atoms with E-state index >= 15 is 0 Å². The van der Waals surface area contributed by atoms with Crippen molar-refractivity contribution in [1.82, 2.24) is 4.90 Å². The van der Waals surface area contributed by atoms with E-state index in [9.17, 15) is 13.2 Å². The van der Waals surface area contributed by atoms with Crippen molar-refractivity contribution < 1.29 is 17.9 Å². The third-order valence-electron chi connectivity index (χ3n) is 3.64. The maximum absolute atomic E-state index is 12.7. The van der Waals surface area contributed by atoms with Gasteiger partial charge in [-0.15, -0.1) is 0 Å². The first-order chi connectivity index (χ1) is 9.94. The number of nitrogens with zero attached hydrogens (tertiary/aromatic N) is 1. The molecule has 0 spiro atoms. The zero-order chi connectivity index (χ0) is 15.5. The maximum Gasteiger partial charge on any atom is 0.256 e. The zero-order valence-corrected chi connectivity index (χ0v) is 12.8. The van der Waals surface area contributed by atoms with Gasteiger partial charge in [0.25, 0.3) is 5.91 Å². The molecule has 1 aliphatic heterocycles. The first-order valence-corrected chi connectivity index (χ1v) is 8.61. The minimum atomic E-state index is -3.06. The van der Waals surface area contributed by atoms with Crippen molar-refractivity contribution in [2.75, 3.05) is 37.5 Å². The van der Waals surface area contributed by atoms with Gasteiger partial charge in [0.1, 0.15) is 0 Å². The van der Waals surface area contributed by atoms with E-state index in [4.69, 9.17) is 10.5 Å². The van der Waals surface area contributed by atoms with Crippen molar-refractivity contribution in [1.29, 1.82) is 0 Å². The SMILES string of the molecule is COCCN(C(=O)c1ccccc1N)C1CCS(=O)(=O)C1. The molecule has 0 aliphatic carbocycles. The third-order valence-corrected chi connectivity index (χ3v) is 5.39. The van der Waals surface area contributed by atoms with Crippen LogP contribution in [0.5, 0.6) is 0 Å². The number of carbonyl (C=O) groups excluding carboxylic acids is 1. The number of methoxy groups -OCH3 is 1. The van der Waals surface area contributed by atoms with E-state index in [1.165, 1.54) is 0 Å². The molecule has 0 aromatic heterocycles. The molecule has 21 heavy (non-hydrogen) atoms. The molecule has 1 atom stereocenters. The lowest BCUT2D eigenvalue weighted by atomic mass is 10.1. The Hall–Kier alpha value is -1.60. The maximum atomic E-state index is 12.7. The van der Waals surface area contributed by atoms with Gasteiger partial charge in [-0.1, -0.05) is 12.1 Å². The second-order valence-corrected chi connectivity index (χ2v) is 7.36. The molecule has 2 N–H and O–H groups in total. The topological polar surface area (TPSA) is 89.7 Å². The first kappa shape index (κ1) is 15.8. The molecule has 116 valence electrons. The van der Waals surface area contributed by atoms with Crippen molar-refractivity contribution in [3.8, 4) is 0 Å². The van der Waals surface area contributed by atoms with Crippen molar-refractivity contribution in [3.05, 3.63) is 29.8 Å². The fourth-order valence-corrected chi connectivity index (χ4v) is 4.24. The fraction of sp³-hybridized carbons (Fsp3) is 0.500. The van der Waals surface area contributed by atoms with Gasteiger partial charge in [-0.25, -0.2) is 8.42 Å². The number of hydrogen-bond acceptors (Lipinski definition) is 5. The highest BCUT2D eigenvalue weighted by molar-refractivity contribution is 7.91. The third kappa shape index (κ3) is 3.74. The van der Waals surface area contributed by atoms with Crippen LogP contribution in [0.3, 0.4) is 0 Å². The lowest BCUT2D eigenvalue weighted by Gasteiger charge is -2.28. The second-order valence-electron chi connectivity index (χ2n) is 5.14. The molecule has 1 aliphatic rings. The summed E-state index contributed by atoms with van der Waals surface area (Å²) in [6, 6.07) is 6.50. The largest absolute Gasteiger partial charge is 0.398 e. The number of carbonyl (C=O) groups is 1. The van der Waals surface area contributed by atoms with Crippen LogP contribution < -0.4 is 5.73 Å². The average molecular weight is 312 g/mol. The normalized spacial score (nSPS) is 20.3. The van der Waals surface area contributed by atoms with Crippen LogP contribution in [0.25, 0.3) is 0 Å². The van der Waals surface area contributed by atoms with Gasteiger partial charge in [0.15, 0.2) is 9.84 Å². The molecule has 2 rings (SSSR count). The molecule has 1 aromatic carbocycles. The molecular formula is C14H20N2O4S. The van der Waals surface area contributed by atoms with Crippen LogP contribution in [0.15, 0.2) is 24.3 Å². The number of rotatable bonds is 5. The van der Waals surface area contributed by atoms with E-state index < -0.39 is 9.84 Å². The van der Waals surface area contributed by atoms with Gasteiger partial charge in [-0.2, -0.15) is 0 Å². The summed E-state index contributed by atoms with van der Waals surface area (Å²) in [5, 5.41) is 0. The van der Waals surface area contributed by atoms with Crippen molar-refractivity contribution in [2.24, 2.45) is 0 Å². The molecule has 6 nitrogen and oxygen atoms in total. The lowest BCUT2D eigenvalue weighted by molar-refractivity contribution is 0.0625. The number of para-hydroxylation sites is 1. The van der Waals surface area contributed by atoms with Gasteiger partial charge in [-0.3, -0.25) is 4.79 Å². The number of nitrogen functional groups attached to an aromatic ring is 1. The number of sulfone groups is 1. The summed E-state index contributed by atoms with van der Waals surface area (Å²) in [7, 11) is -1.51. The Morgan fingerprint density at radius 3 is 2.71 bits per heavy atom. The quantitative estimate of drug-likeness (QED) is 0.802. The summed E-state index contributed by atoms with van der Waals surface area (Å²) in [4.78, 5) is 14.2. The summed E-state index contributed by atoms with van der Waals surface area (Å²) < 4.78 is 28.3. The smallest absolute Gasteiger partial charge is 0.256 e. The number of hydrogen-bond donors (Lipinski definition) is 1. The van der Waals surface area contributed by atoms with E-state index in [1.54, 1.807) is 36.3 Å². The Kier molecular flexibility index (Phi) is 4.84. The lowest BCUT2D eigenvalue weighted by Crippen LogP contribution is -2.43. The molecule has 0 bridgehead atoms. The first-order valence-electron chi connectivity index (χ1n) is 6.79. The van der Waals surface area contributed by atoms with Crippen molar-refractivity contribution in [2.45, 2.75) is 12.5 Å². The Morgan fingerprint density at radius 2 is 2.14 bits per heavy atom. The Bertz CT molecular complexity index is 615. The zero-order valence-electron chi connectivity index (χ0n) is 12.0. The van der Waals surface area contributed by atoms with E-state index in [2.05, 4.69) is 0 Å². The van der Waals surface area contributed by atoms with Crippen LogP contribution >= 0.6 is 0 Å². The molecule has 1 heterocycles. The molecule has 1 fully saturated rings. The molecule has 7 heteroatoms. The monoisotopic (exact) mass is 312 g/mol. The van der Waals surface area contributed by atoms with Gasteiger partial charge in [-0.05, 0) is 18.6 Å². The molecule has 1 saturated heterocycles. The van der Waals surface area contributed by atoms with Gasteiger partial charge < -0.3 is 15.4 Å². The molecule has 1 amide bonds. The van der Waals surface area contributed by atoms with E-state index in [-0.39, 0.29) is 23.5 Å². The van der Waals surface area contributed by atoms with Gasteiger partial charge in [0, 0.05) is 25.4 Å². The fourth-order valence-electron chi connectivity index (χ4n) is 2.51. The second kappa shape index (κ2) is 6.44. The van der Waals surface area contributed by atoms with Gasteiger partial charge in [0.05, 0.1) is 23.7 Å². The van der Waals surface area contributed by atoms with Crippen LogP contribution in [0.1, 0.15) is 16.8 Å². The summed E-state index contributed by atoms with van der Waals surface area (Å²) >= 11 is 0. The van der Waals surface area contributed by atoms with Crippen LogP contribution in [0.4, 0.5) is 5.69 Å². The van der Waals surface area contributed by atoms with E-state index in [0.717, 1.165) is 0 Å². The highest BCUT2D eigenvalue weighted by Gasteiger charge is 2.35. The van der Waals surface area contributed by atoms with Crippen LogP contribution in [0, 0.1) is 0 Å². The number of amides is 1. The van der Waals surface area contributed by atoms with E-state index in [0.29, 0.717) is 30.8 Å². The average Bonchev–Trinajstić information content (AvgIpc) is 2.79. The summed E-state index contributed by atoms with van der Waals surface area (Å²) in [5.41, 5.74) is 6.64. The highest BCUT2D eigenvalue weighted by Crippen LogP contribution is 2.22. The Morgan fingerprint density at radius 1 is 1.43 bits per heavy atom. The van der Waals surface area contributed by atoms with Crippen molar-refractivity contribution in [3.63, 3.8) is 0 Å². The predicted octanol–water partition coefficient (Wildman–Crippen LogP) is 0.544.